The molecule has 0 unspecified atom stereocenters. The summed E-state index contributed by atoms with van der Waals surface area (Å²) in [5, 5.41) is 3.41. The minimum absolute atomic E-state index is 0.839. The first-order valence-electron chi connectivity index (χ1n) is 5.19. The molecule has 0 aromatic heterocycles. The molecular weight excluding hydrogens is 170 g/mol. The maximum absolute atomic E-state index is 5.25. The summed E-state index contributed by atoms with van der Waals surface area (Å²) in [7, 11) is 0. The van der Waals surface area contributed by atoms with E-state index in [0.29, 0.717) is 0 Å². The predicted molar refractivity (Wildman–Crippen MR) is 60.4 cm³/mol. The number of aryl methyl sites for hydroxylation is 2. The van der Waals surface area contributed by atoms with E-state index >= 15 is 0 Å². The molecule has 0 radical (unpaired) electrons. The van der Waals surface area contributed by atoms with E-state index in [1.807, 2.05) is 0 Å². The first-order chi connectivity index (χ1) is 6.90. The van der Waals surface area contributed by atoms with Gasteiger partial charge in [0.15, 0.2) is 0 Å². The third kappa shape index (κ3) is 1.90. The molecule has 1 aliphatic rings. The molecule has 1 aromatic carbocycles. The number of anilines is 1. The van der Waals surface area contributed by atoms with Crippen LogP contribution in [0, 0.1) is 12.3 Å². The standard InChI is InChI=1S/C13H15N/c1-2-3-5-11-7-8-13-12(10-11)6-4-9-14-13/h1,7-8,10,14H,3-6,9H2. The summed E-state index contributed by atoms with van der Waals surface area (Å²) in [6, 6.07) is 6.65. The molecule has 0 saturated carbocycles. The molecule has 2 rings (SSSR count). The van der Waals surface area contributed by atoms with E-state index in [9.17, 15) is 0 Å². The van der Waals surface area contributed by atoms with Crippen LogP contribution in [0.2, 0.25) is 0 Å². The van der Waals surface area contributed by atoms with Crippen molar-refractivity contribution in [1.82, 2.24) is 0 Å². The lowest BCUT2D eigenvalue weighted by atomic mass is 9.99. The van der Waals surface area contributed by atoms with Crippen LogP contribution in [0.5, 0.6) is 0 Å². The van der Waals surface area contributed by atoms with Gasteiger partial charge in [-0.25, -0.2) is 0 Å². The summed E-state index contributed by atoms with van der Waals surface area (Å²) in [6.07, 6.45) is 9.54. The monoisotopic (exact) mass is 185 g/mol. The number of benzene rings is 1. The Balaban J connectivity index is 2.17. The summed E-state index contributed by atoms with van der Waals surface area (Å²) in [6.45, 7) is 1.11. The first-order valence-corrected chi connectivity index (χ1v) is 5.19. The van der Waals surface area contributed by atoms with E-state index in [4.69, 9.17) is 6.42 Å². The molecule has 1 heteroatoms. The van der Waals surface area contributed by atoms with Gasteiger partial charge in [-0.05, 0) is 36.5 Å². The van der Waals surface area contributed by atoms with Crippen LogP contribution in [-0.2, 0) is 12.8 Å². The molecule has 0 bridgehead atoms. The van der Waals surface area contributed by atoms with Gasteiger partial charge in [0.25, 0.3) is 0 Å². The highest BCUT2D eigenvalue weighted by atomic mass is 14.9. The van der Waals surface area contributed by atoms with Gasteiger partial charge < -0.3 is 5.32 Å². The Bertz CT molecular complexity index is 360. The molecule has 1 aromatic rings. The van der Waals surface area contributed by atoms with Crippen molar-refractivity contribution in [2.75, 3.05) is 11.9 Å². The number of hydrogen-bond donors (Lipinski definition) is 1. The van der Waals surface area contributed by atoms with Gasteiger partial charge in [0.1, 0.15) is 0 Å². The molecule has 0 amide bonds. The van der Waals surface area contributed by atoms with Gasteiger partial charge in [-0.1, -0.05) is 12.1 Å². The highest BCUT2D eigenvalue weighted by molar-refractivity contribution is 5.54. The van der Waals surface area contributed by atoms with E-state index in [2.05, 4.69) is 29.4 Å². The van der Waals surface area contributed by atoms with Crippen LogP contribution in [0.4, 0.5) is 5.69 Å². The average Bonchev–Trinajstić information content (AvgIpc) is 2.26. The summed E-state index contributed by atoms with van der Waals surface area (Å²) < 4.78 is 0. The lowest BCUT2D eigenvalue weighted by molar-refractivity contribution is 0.826. The van der Waals surface area contributed by atoms with Gasteiger partial charge in [-0.3, -0.25) is 0 Å². The molecule has 1 heterocycles. The molecule has 1 nitrogen and oxygen atoms in total. The Morgan fingerprint density at radius 3 is 3.21 bits per heavy atom. The summed E-state index contributed by atoms with van der Waals surface area (Å²) >= 11 is 0. The van der Waals surface area contributed by atoms with Crippen molar-refractivity contribution in [3.63, 3.8) is 0 Å². The predicted octanol–water partition coefficient (Wildman–Crippen LogP) is 2.61. The van der Waals surface area contributed by atoms with Crippen molar-refractivity contribution < 1.29 is 0 Å². The van der Waals surface area contributed by atoms with E-state index in [0.717, 1.165) is 19.4 Å². The summed E-state index contributed by atoms with van der Waals surface area (Å²) in [5.41, 5.74) is 4.12. The molecule has 0 aliphatic carbocycles. The van der Waals surface area contributed by atoms with E-state index in [1.165, 1.54) is 29.7 Å². The van der Waals surface area contributed by atoms with Crippen LogP contribution in [0.25, 0.3) is 0 Å². The van der Waals surface area contributed by atoms with Gasteiger partial charge in [0, 0.05) is 18.7 Å². The smallest absolute Gasteiger partial charge is 0.0372 e. The van der Waals surface area contributed by atoms with Crippen molar-refractivity contribution in [3.8, 4) is 12.3 Å². The van der Waals surface area contributed by atoms with Crippen molar-refractivity contribution in [2.45, 2.75) is 25.7 Å². The Morgan fingerprint density at radius 1 is 1.43 bits per heavy atom. The topological polar surface area (TPSA) is 12.0 Å². The Labute approximate surface area is 85.5 Å². The molecule has 0 fully saturated rings. The van der Waals surface area contributed by atoms with Gasteiger partial charge in [-0.15, -0.1) is 12.3 Å². The molecule has 0 atom stereocenters. The van der Waals surface area contributed by atoms with Gasteiger partial charge in [0.2, 0.25) is 0 Å². The molecule has 0 saturated heterocycles. The van der Waals surface area contributed by atoms with Gasteiger partial charge in [0.05, 0.1) is 0 Å². The van der Waals surface area contributed by atoms with Crippen molar-refractivity contribution in [2.24, 2.45) is 0 Å². The van der Waals surface area contributed by atoms with E-state index in [-0.39, 0.29) is 0 Å². The van der Waals surface area contributed by atoms with Crippen LogP contribution in [0.15, 0.2) is 18.2 Å². The van der Waals surface area contributed by atoms with Crippen molar-refractivity contribution in [1.29, 1.82) is 0 Å². The zero-order chi connectivity index (χ0) is 9.80. The Hall–Kier alpha value is -1.42. The second-order valence-electron chi connectivity index (χ2n) is 3.73. The maximum atomic E-state index is 5.25. The fourth-order valence-electron chi connectivity index (χ4n) is 1.90. The average molecular weight is 185 g/mol. The normalized spacial score (nSPS) is 13.9. The highest BCUT2D eigenvalue weighted by Crippen LogP contribution is 2.23. The summed E-state index contributed by atoms with van der Waals surface area (Å²) in [4.78, 5) is 0. The first kappa shape index (κ1) is 9.15. The van der Waals surface area contributed by atoms with Crippen LogP contribution in [0.1, 0.15) is 24.0 Å². The highest BCUT2D eigenvalue weighted by Gasteiger charge is 2.07. The third-order valence-corrected chi connectivity index (χ3v) is 2.67. The van der Waals surface area contributed by atoms with Crippen LogP contribution >= 0.6 is 0 Å². The quantitative estimate of drug-likeness (QED) is 0.698. The zero-order valence-electron chi connectivity index (χ0n) is 8.34. The Kier molecular flexibility index (Phi) is 2.74. The summed E-state index contributed by atoms with van der Waals surface area (Å²) in [5.74, 6) is 2.68. The molecular formula is C13H15N. The molecule has 72 valence electrons. The second kappa shape index (κ2) is 4.19. The Morgan fingerprint density at radius 2 is 2.36 bits per heavy atom. The minimum Gasteiger partial charge on any atom is -0.385 e. The third-order valence-electron chi connectivity index (χ3n) is 2.67. The second-order valence-corrected chi connectivity index (χ2v) is 3.73. The SMILES string of the molecule is C#CCCc1ccc2c(c1)CCCN2. The molecule has 1 N–H and O–H groups in total. The van der Waals surface area contributed by atoms with Crippen LogP contribution in [0.3, 0.4) is 0 Å². The zero-order valence-corrected chi connectivity index (χ0v) is 8.34. The molecule has 1 aliphatic heterocycles. The number of nitrogens with one attached hydrogen (secondary N) is 1. The molecule has 0 spiro atoms. The lowest BCUT2D eigenvalue weighted by Crippen LogP contribution is -2.11. The number of hydrogen-bond acceptors (Lipinski definition) is 1. The fourth-order valence-corrected chi connectivity index (χ4v) is 1.90. The van der Waals surface area contributed by atoms with E-state index in [1.54, 1.807) is 0 Å². The van der Waals surface area contributed by atoms with Crippen LogP contribution in [-0.4, -0.2) is 6.54 Å². The minimum atomic E-state index is 0.839. The lowest BCUT2D eigenvalue weighted by Gasteiger charge is -2.18. The van der Waals surface area contributed by atoms with Crippen molar-refractivity contribution in [3.05, 3.63) is 29.3 Å². The fraction of sp³-hybridized carbons (Fsp3) is 0.385. The van der Waals surface area contributed by atoms with Gasteiger partial charge >= 0.3 is 0 Å². The largest absolute Gasteiger partial charge is 0.385 e. The van der Waals surface area contributed by atoms with Crippen LogP contribution < -0.4 is 5.32 Å². The van der Waals surface area contributed by atoms with E-state index < -0.39 is 0 Å². The number of terminal acetylenes is 1. The number of fused-ring (bicyclic) bond motifs is 1. The van der Waals surface area contributed by atoms with Crippen molar-refractivity contribution >= 4 is 5.69 Å². The van der Waals surface area contributed by atoms with Gasteiger partial charge in [-0.2, -0.15) is 0 Å². The number of rotatable bonds is 2. The maximum Gasteiger partial charge on any atom is 0.0372 e. The molecule has 14 heavy (non-hydrogen) atoms.